The first kappa shape index (κ1) is 20.2. The minimum absolute atomic E-state index is 0.360. The smallest absolute Gasteiger partial charge is 0.266 e. The van der Waals surface area contributed by atoms with Crippen LogP contribution >= 0.6 is 0 Å². The zero-order valence-electron chi connectivity index (χ0n) is 17.0. The number of imide groups is 1. The van der Waals surface area contributed by atoms with E-state index in [1.165, 1.54) is 7.11 Å². The molecule has 156 valence electrons. The third-order valence-electron chi connectivity index (χ3n) is 4.88. The lowest BCUT2D eigenvalue weighted by Crippen LogP contribution is -2.29. The first-order valence-electron chi connectivity index (χ1n) is 9.73. The molecule has 1 aliphatic rings. The van der Waals surface area contributed by atoms with Crippen LogP contribution in [0.4, 0.5) is 11.4 Å². The maximum Gasteiger partial charge on any atom is 0.266 e. The van der Waals surface area contributed by atoms with Gasteiger partial charge >= 0.3 is 0 Å². The fourth-order valence-corrected chi connectivity index (χ4v) is 3.43. The van der Waals surface area contributed by atoms with E-state index in [4.69, 9.17) is 9.47 Å². The summed E-state index contributed by atoms with van der Waals surface area (Å²) in [6.45, 7) is 2.34. The van der Waals surface area contributed by atoms with Crippen LogP contribution in [0.5, 0.6) is 11.5 Å². The number of carbonyl (C=O) groups excluding carboxylic acids is 3. The number of nitrogens with zero attached hydrogens (tertiary/aromatic N) is 1. The maximum atomic E-state index is 12.7. The van der Waals surface area contributed by atoms with Gasteiger partial charge in [0, 0.05) is 11.3 Å². The summed E-state index contributed by atoms with van der Waals surface area (Å²) in [7, 11) is 1.51. The fourth-order valence-electron chi connectivity index (χ4n) is 3.43. The normalized spacial score (nSPS) is 12.5. The number of nitrogens with one attached hydrogen (secondary N) is 1. The number of carbonyl (C=O) groups is 3. The average Bonchev–Trinajstić information content (AvgIpc) is 3.04. The van der Waals surface area contributed by atoms with Crippen molar-refractivity contribution in [3.8, 4) is 11.5 Å². The van der Waals surface area contributed by atoms with E-state index in [0.717, 1.165) is 4.90 Å². The SMILES string of the molecule is CCOc1ccc(C(=O)Nc2cccc(N3C(=O)c4ccccc4C3=O)c2)cc1OC. The Morgan fingerprint density at radius 1 is 0.903 bits per heavy atom. The Bertz CT molecular complexity index is 1150. The van der Waals surface area contributed by atoms with Gasteiger partial charge in [-0.05, 0) is 55.5 Å². The Balaban J connectivity index is 1.57. The lowest BCUT2D eigenvalue weighted by atomic mass is 10.1. The molecule has 1 heterocycles. The molecule has 31 heavy (non-hydrogen) atoms. The van der Waals surface area contributed by atoms with Crippen LogP contribution < -0.4 is 19.7 Å². The van der Waals surface area contributed by atoms with Crippen molar-refractivity contribution in [1.29, 1.82) is 0 Å². The Kier molecular flexibility index (Phi) is 5.41. The zero-order valence-corrected chi connectivity index (χ0v) is 17.0. The summed E-state index contributed by atoms with van der Waals surface area (Å²) in [5.41, 5.74) is 1.94. The second-order valence-electron chi connectivity index (χ2n) is 6.79. The highest BCUT2D eigenvalue weighted by molar-refractivity contribution is 6.34. The highest BCUT2D eigenvalue weighted by atomic mass is 16.5. The summed E-state index contributed by atoms with van der Waals surface area (Å²) in [4.78, 5) is 39.3. The predicted molar refractivity (Wildman–Crippen MR) is 116 cm³/mol. The summed E-state index contributed by atoms with van der Waals surface area (Å²) in [5.74, 6) is -0.134. The van der Waals surface area contributed by atoms with Gasteiger partial charge in [0.15, 0.2) is 11.5 Å². The minimum atomic E-state index is -0.389. The molecule has 0 saturated carbocycles. The van der Waals surface area contributed by atoms with Crippen molar-refractivity contribution in [3.05, 3.63) is 83.4 Å². The number of rotatable bonds is 6. The van der Waals surface area contributed by atoms with Gasteiger partial charge in [0.25, 0.3) is 17.7 Å². The molecular formula is C24H20N2O5. The molecule has 0 radical (unpaired) electrons. The molecule has 3 aromatic rings. The van der Waals surface area contributed by atoms with E-state index in [1.54, 1.807) is 66.7 Å². The third kappa shape index (κ3) is 3.73. The van der Waals surface area contributed by atoms with Crippen LogP contribution in [-0.2, 0) is 0 Å². The third-order valence-corrected chi connectivity index (χ3v) is 4.88. The molecule has 7 heteroatoms. The quantitative estimate of drug-likeness (QED) is 0.611. The Hall–Kier alpha value is -4.13. The molecule has 1 aliphatic heterocycles. The second-order valence-corrected chi connectivity index (χ2v) is 6.79. The van der Waals surface area contributed by atoms with E-state index in [-0.39, 0.29) is 17.7 Å². The Labute approximate surface area is 179 Å². The van der Waals surface area contributed by atoms with Crippen LogP contribution in [-0.4, -0.2) is 31.4 Å². The monoisotopic (exact) mass is 416 g/mol. The molecule has 0 aliphatic carbocycles. The minimum Gasteiger partial charge on any atom is -0.493 e. The van der Waals surface area contributed by atoms with Crippen LogP contribution in [0.1, 0.15) is 38.0 Å². The first-order chi connectivity index (χ1) is 15.0. The molecule has 3 amide bonds. The molecule has 3 aromatic carbocycles. The van der Waals surface area contributed by atoms with Gasteiger partial charge in [-0.3, -0.25) is 14.4 Å². The number of ether oxygens (including phenoxy) is 2. The second kappa shape index (κ2) is 8.31. The molecule has 0 spiro atoms. The van der Waals surface area contributed by atoms with E-state index < -0.39 is 0 Å². The summed E-state index contributed by atoms with van der Waals surface area (Å²) in [5, 5.41) is 2.79. The molecule has 0 atom stereocenters. The van der Waals surface area contributed by atoms with Gasteiger partial charge in [-0.2, -0.15) is 0 Å². The van der Waals surface area contributed by atoms with Crippen molar-refractivity contribution in [2.75, 3.05) is 23.9 Å². The van der Waals surface area contributed by atoms with Gasteiger partial charge in [-0.25, -0.2) is 4.90 Å². The molecule has 7 nitrogen and oxygen atoms in total. The molecule has 0 fully saturated rings. The molecule has 1 N–H and O–H groups in total. The number of fused-ring (bicyclic) bond motifs is 1. The standard InChI is InChI=1S/C24H20N2O5/c1-3-31-20-12-11-15(13-21(20)30-2)22(27)25-16-7-6-8-17(14-16)26-23(28)18-9-4-5-10-19(18)24(26)29/h4-14H,3H2,1-2H3,(H,25,27). The zero-order chi connectivity index (χ0) is 22.0. The van der Waals surface area contributed by atoms with Crippen molar-refractivity contribution in [2.45, 2.75) is 6.92 Å². The highest BCUT2D eigenvalue weighted by Gasteiger charge is 2.36. The lowest BCUT2D eigenvalue weighted by Gasteiger charge is -2.15. The molecule has 0 unspecified atom stereocenters. The largest absolute Gasteiger partial charge is 0.493 e. The van der Waals surface area contributed by atoms with Crippen molar-refractivity contribution in [1.82, 2.24) is 0 Å². The van der Waals surface area contributed by atoms with E-state index >= 15 is 0 Å². The summed E-state index contributed by atoms with van der Waals surface area (Å²) < 4.78 is 10.8. The van der Waals surface area contributed by atoms with Gasteiger partial charge < -0.3 is 14.8 Å². The number of benzene rings is 3. The Morgan fingerprint density at radius 3 is 2.26 bits per heavy atom. The van der Waals surface area contributed by atoms with E-state index in [1.807, 2.05) is 6.92 Å². The number of anilines is 2. The highest BCUT2D eigenvalue weighted by Crippen LogP contribution is 2.31. The average molecular weight is 416 g/mol. The van der Waals surface area contributed by atoms with Crippen molar-refractivity contribution in [2.24, 2.45) is 0 Å². The number of hydrogen-bond donors (Lipinski definition) is 1. The van der Waals surface area contributed by atoms with Crippen molar-refractivity contribution >= 4 is 29.1 Å². The van der Waals surface area contributed by atoms with Gasteiger partial charge in [0.1, 0.15) is 0 Å². The van der Waals surface area contributed by atoms with E-state index in [0.29, 0.717) is 46.2 Å². The van der Waals surface area contributed by atoms with Crippen LogP contribution in [0, 0.1) is 0 Å². The molecule has 4 rings (SSSR count). The van der Waals surface area contributed by atoms with Gasteiger partial charge in [0.2, 0.25) is 0 Å². The lowest BCUT2D eigenvalue weighted by molar-refractivity contribution is 0.0925. The van der Waals surface area contributed by atoms with Gasteiger partial charge in [-0.15, -0.1) is 0 Å². The number of amides is 3. The number of methoxy groups -OCH3 is 1. The fraction of sp³-hybridized carbons (Fsp3) is 0.125. The maximum absolute atomic E-state index is 12.7. The summed E-state index contributed by atoms with van der Waals surface area (Å²) >= 11 is 0. The van der Waals surface area contributed by atoms with Gasteiger partial charge in [-0.1, -0.05) is 18.2 Å². The molecule has 0 saturated heterocycles. The van der Waals surface area contributed by atoms with Crippen LogP contribution in [0.2, 0.25) is 0 Å². The van der Waals surface area contributed by atoms with Gasteiger partial charge in [0.05, 0.1) is 30.5 Å². The molecule has 0 aromatic heterocycles. The summed E-state index contributed by atoms with van der Waals surface area (Å²) in [6.07, 6.45) is 0. The Morgan fingerprint density at radius 2 is 1.61 bits per heavy atom. The van der Waals surface area contributed by atoms with Crippen LogP contribution in [0.15, 0.2) is 66.7 Å². The molecular weight excluding hydrogens is 396 g/mol. The summed E-state index contributed by atoms with van der Waals surface area (Å²) in [6, 6.07) is 18.2. The van der Waals surface area contributed by atoms with Crippen molar-refractivity contribution in [3.63, 3.8) is 0 Å². The van der Waals surface area contributed by atoms with Crippen LogP contribution in [0.3, 0.4) is 0 Å². The predicted octanol–water partition coefficient (Wildman–Crippen LogP) is 4.15. The van der Waals surface area contributed by atoms with Crippen LogP contribution in [0.25, 0.3) is 0 Å². The topological polar surface area (TPSA) is 84.9 Å². The molecule has 0 bridgehead atoms. The van der Waals surface area contributed by atoms with E-state index in [9.17, 15) is 14.4 Å². The van der Waals surface area contributed by atoms with Crippen molar-refractivity contribution < 1.29 is 23.9 Å². The number of hydrogen-bond acceptors (Lipinski definition) is 5. The first-order valence-corrected chi connectivity index (χ1v) is 9.73. The van der Waals surface area contributed by atoms with E-state index in [2.05, 4.69) is 5.32 Å².